The summed E-state index contributed by atoms with van der Waals surface area (Å²) in [4.78, 5) is 15.4. The predicted molar refractivity (Wildman–Crippen MR) is 57.9 cm³/mol. The van der Waals surface area contributed by atoms with E-state index in [1.54, 1.807) is 6.20 Å². The SMILES string of the molecule is O=C(O)C1CC2=c3ccccc3=NC2=CN1. The molecule has 1 unspecified atom stereocenters. The highest BCUT2D eigenvalue weighted by molar-refractivity contribution is 5.80. The van der Waals surface area contributed by atoms with Gasteiger partial charge in [0.05, 0.1) is 11.1 Å². The zero-order chi connectivity index (χ0) is 11.1. The molecule has 0 aromatic heterocycles. The number of rotatable bonds is 1. The van der Waals surface area contributed by atoms with Crippen LogP contribution in [0.5, 0.6) is 0 Å². The van der Waals surface area contributed by atoms with Crippen molar-refractivity contribution in [1.82, 2.24) is 5.32 Å². The van der Waals surface area contributed by atoms with Crippen LogP contribution < -0.4 is 15.9 Å². The van der Waals surface area contributed by atoms with Gasteiger partial charge >= 0.3 is 5.97 Å². The Hall–Kier alpha value is -2.10. The molecular formula is C12H10N2O2. The number of carbonyl (C=O) groups is 1. The molecule has 1 aromatic carbocycles. The summed E-state index contributed by atoms with van der Waals surface area (Å²) in [6, 6.07) is 7.27. The van der Waals surface area contributed by atoms with Crippen molar-refractivity contribution in [2.24, 2.45) is 4.99 Å². The molecule has 2 aliphatic heterocycles. The number of nitrogens with zero attached hydrogens (tertiary/aromatic N) is 1. The van der Waals surface area contributed by atoms with Crippen LogP contribution in [0.15, 0.2) is 41.2 Å². The number of allylic oxidation sites excluding steroid dienone is 1. The first-order valence-electron chi connectivity index (χ1n) is 5.12. The lowest BCUT2D eigenvalue weighted by molar-refractivity contribution is -0.139. The van der Waals surface area contributed by atoms with Crippen molar-refractivity contribution in [2.45, 2.75) is 12.5 Å². The maximum atomic E-state index is 10.9. The molecule has 4 heteroatoms. The van der Waals surface area contributed by atoms with E-state index < -0.39 is 12.0 Å². The molecule has 2 aliphatic rings. The van der Waals surface area contributed by atoms with Crippen LogP contribution in [0.25, 0.3) is 5.57 Å². The molecule has 3 rings (SSSR count). The average molecular weight is 214 g/mol. The van der Waals surface area contributed by atoms with Crippen molar-refractivity contribution in [2.75, 3.05) is 0 Å². The van der Waals surface area contributed by atoms with Crippen molar-refractivity contribution < 1.29 is 9.90 Å². The molecule has 0 saturated heterocycles. The van der Waals surface area contributed by atoms with Gasteiger partial charge in [0, 0.05) is 17.8 Å². The summed E-state index contributed by atoms with van der Waals surface area (Å²) in [5.74, 6) is -0.827. The van der Waals surface area contributed by atoms with Gasteiger partial charge in [-0.1, -0.05) is 18.2 Å². The van der Waals surface area contributed by atoms with Crippen LogP contribution in [0.1, 0.15) is 6.42 Å². The van der Waals surface area contributed by atoms with Crippen molar-refractivity contribution in [3.63, 3.8) is 0 Å². The highest BCUT2D eigenvalue weighted by atomic mass is 16.4. The van der Waals surface area contributed by atoms with Gasteiger partial charge in [0.1, 0.15) is 6.04 Å². The highest BCUT2D eigenvalue weighted by Gasteiger charge is 2.26. The third-order valence-corrected chi connectivity index (χ3v) is 2.91. The Balaban J connectivity index is 2.18. The largest absolute Gasteiger partial charge is 0.480 e. The quantitative estimate of drug-likeness (QED) is 0.678. The lowest BCUT2D eigenvalue weighted by Gasteiger charge is -2.19. The summed E-state index contributed by atoms with van der Waals surface area (Å²) in [5, 5.41) is 13.8. The molecular weight excluding hydrogens is 204 g/mol. The van der Waals surface area contributed by atoms with E-state index in [4.69, 9.17) is 5.11 Å². The Bertz CT molecular complexity index is 616. The van der Waals surface area contributed by atoms with Gasteiger partial charge in [0.15, 0.2) is 0 Å². The molecule has 2 heterocycles. The summed E-state index contributed by atoms with van der Waals surface area (Å²) >= 11 is 0. The minimum atomic E-state index is -0.827. The second kappa shape index (κ2) is 3.20. The van der Waals surface area contributed by atoms with Gasteiger partial charge in [-0.25, -0.2) is 9.79 Å². The van der Waals surface area contributed by atoms with Crippen LogP contribution in [0.2, 0.25) is 0 Å². The van der Waals surface area contributed by atoms with Gasteiger partial charge in [-0.15, -0.1) is 0 Å². The molecule has 2 N–H and O–H groups in total. The molecule has 0 radical (unpaired) electrons. The van der Waals surface area contributed by atoms with Crippen molar-refractivity contribution in [1.29, 1.82) is 0 Å². The number of carboxylic acid groups (broad SMARTS) is 1. The number of hydrogen-bond acceptors (Lipinski definition) is 3. The number of fused-ring (bicyclic) bond motifs is 2. The number of aliphatic carboxylic acids is 1. The average Bonchev–Trinajstić information content (AvgIpc) is 2.66. The third-order valence-electron chi connectivity index (χ3n) is 2.91. The first-order chi connectivity index (χ1) is 7.75. The van der Waals surface area contributed by atoms with E-state index in [0.29, 0.717) is 6.42 Å². The van der Waals surface area contributed by atoms with Crippen molar-refractivity contribution in [3.8, 4) is 0 Å². The standard InChI is InChI=1S/C12H10N2O2/c15-12(16)10-5-8-7-3-1-2-4-9(7)14-11(8)6-13-10/h1-4,6,10,13H,5H2,(H,15,16). The lowest BCUT2D eigenvalue weighted by Crippen LogP contribution is -2.37. The Morgan fingerprint density at radius 2 is 2.25 bits per heavy atom. The Morgan fingerprint density at radius 1 is 1.44 bits per heavy atom. The van der Waals surface area contributed by atoms with E-state index in [1.807, 2.05) is 24.3 Å². The molecule has 0 amide bonds. The number of nitrogens with one attached hydrogen (secondary N) is 1. The minimum Gasteiger partial charge on any atom is -0.480 e. The molecule has 0 bridgehead atoms. The van der Waals surface area contributed by atoms with Crippen LogP contribution in [0.3, 0.4) is 0 Å². The number of carboxylic acids is 1. The van der Waals surface area contributed by atoms with Gasteiger partial charge in [0.2, 0.25) is 0 Å². The summed E-state index contributed by atoms with van der Waals surface area (Å²) < 4.78 is 0. The highest BCUT2D eigenvalue weighted by Crippen LogP contribution is 2.22. The van der Waals surface area contributed by atoms with Crippen LogP contribution >= 0.6 is 0 Å². The first-order valence-corrected chi connectivity index (χ1v) is 5.12. The monoisotopic (exact) mass is 214 g/mol. The van der Waals surface area contributed by atoms with Crippen molar-refractivity contribution in [3.05, 3.63) is 46.7 Å². The minimum absolute atomic E-state index is 0.488. The van der Waals surface area contributed by atoms with E-state index in [0.717, 1.165) is 21.8 Å². The van der Waals surface area contributed by atoms with Crippen LogP contribution in [0, 0.1) is 0 Å². The predicted octanol–water partition coefficient (Wildman–Crippen LogP) is -0.242. The summed E-state index contributed by atoms with van der Waals surface area (Å²) in [5.41, 5.74) is 1.89. The zero-order valence-corrected chi connectivity index (χ0v) is 8.47. The fourth-order valence-electron chi connectivity index (χ4n) is 2.10. The molecule has 0 saturated carbocycles. The van der Waals surface area contributed by atoms with Gasteiger partial charge in [0.25, 0.3) is 0 Å². The molecule has 1 aromatic rings. The molecule has 80 valence electrons. The van der Waals surface area contributed by atoms with Crippen molar-refractivity contribution >= 4 is 11.5 Å². The van der Waals surface area contributed by atoms with E-state index in [1.165, 1.54) is 0 Å². The van der Waals surface area contributed by atoms with E-state index in [9.17, 15) is 4.79 Å². The van der Waals surface area contributed by atoms with Gasteiger partial charge in [-0.3, -0.25) is 0 Å². The molecule has 1 atom stereocenters. The fraction of sp³-hybridized carbons (Fsp3) is 0.167. The first kappa shape index (κ1) is 9.15. The van der Waals surface area contributed by atoms with Crippen LogP contribution in [0.4, 0.5) is 0 Å². The van der Waals surface area contributed by atoms with E-state index >= 15 is 0 Å². The lowest BCUT2D eigenvalue weighted by atomic mass is 9.99. The number of benzene rings is 1. The normalized spacial score (nSPS) is 21.4. The smallest absolute Gasteiger partial charge is 0.326 e. The summed E-state index contributed by atoms with van der Waals surface area (Å²) in [7, 11) is 0. The molecule has 0 aliphatic carbocycles. The summed E-state index contributed by atoms with van der Waals surface area (Å²) in [6.45, 7) is 0. The maximum Gasteiger partial charge on any atom is 0.326 e. The van der Waals surface area contributed by atoms with Gasteiger partial charge in [-0.05, 0) is 11.6 Å². The van der Waals surface area contributed by atoms with E-state index in [2.05, 4.69) is 10.3 Å². The topological polar surface area (TPSA) is 61.7 Å². The number of hydrogen-bond donors (Lipinski definition) is 2. The molecule has 4 nitrogen and oxygen atoms in total. The second-order valence-corrected chi connectivity index (χ2v) is 3.90. The maximum absolute atomic E-state index is 10.9. The van der Waals surface area contributed by atoms with Gasteiger partial charge in [-0.2, -0.15) is 0 Å². The van der Waals surface area contributed by atoms with Crippen LogP contribution in [-0.2, 0) is 4.79 Å². The second-order valence-electron chi connectivity index (χ2n) is 3.90. The molecule has 0 spiro atoms. The molecule has 0 fully saturated rings. The van der Waals surface area contributed by atoms with E-state index in [-0.39, 0.29) is 0 Å². The third kappa shape index (κ3) is 1.23. The zero-order valence-electron chi connectivity index (χ0n) is 8.47. The van der Waals surface area contributed by atoms with Gasteiger partial charge < -0.3 is 10.4 Å². The Kier molecular flexibility index (Phi) is 1.83. The number of para-hydroxylation sites is 1. The van der Waals surface area contributed by atoms with Crippen LogP contribution in [-0.4, -0.2) is 17.1 Å². The summed E-state index contributed by atoms with van der Waals surface area (Å²) in [6.07, 6.45) is 2.18. The fourth-order valence-corrected chi connectivity index (χ4v) is 2.10. The Morgan fingerprint density at radius 3 is 3.06 bits per heavy atom. The molecule has 16 heavy (non-hydrogen) atoms. The Labute approximate surface area is 91.6 Å².